The summed E-state index contributed by atoms with van der Waals surface area (Å²) in [5.74, 6) is 0. The van der Waals surface area contributed by atoms with E-state index < -0.39 is 0 Å². The number of nitrogens with one attached hydrogen (secondary N) is 1. The summed E-state index contributed by atoms with van der Waals surface area (Å²) < 4.78 is 5.19. The number of hydrogen-bond acceptors (Lipinski definition) is 2. The average molecular weight is 185 g/mol. The highest BCUT2D eigenvalue weighted by molar-refractivity contribution is 4.84. The summed E-state index contributed by atoms with van der Waals surface area (Å²) in [5, 5.41) is 3.33. The summed E-state index contributed by atoms with van der Waals surface area (Å²) in [6.07, 6.45) is 8.24. The predicted molar refractivity (Wildman–Crippen MR) is 55.9 cm³/mol. The molecule has 1 N–H and O–H groups in total. The Morgan fingerprint density at radius 3 is 2.46 bits per heavy atom. The Labute approximate surface area is 82.0 Å². The van der Waals surface area contributed by atoms with Crippen LogP contribution in [0.25, 0.3) is 0 Å². The van der Waals surface area contributed by atoms with Gasteiger partial charge in [-0.3, -0.25) is 0 Å². The molecule has 13 heavy (non-hydrogen) atoms. The van der Waals surface area contributed by atoms with E-state index in [9.17, 15) is 0 Å². The van der Waals surface area contributed by atoms with Gasteiger partial charge in [0.1, 0.15) is 0 Å². The van der Waals surface area contributed by atoms with E-state index in [1.807, 2.05) is 0 Å². The lowest BCUT2D eigenvalue weighted by molar-refractivity contribution is 0.103. The van der Waals surface area contributed by atoms with Crippen LogP contribution in [0.2, 0.25) is 0 Å². The van der Waals surface area contributed by atoms with Crippen molar-refractivity contribution in [1.29, 1.82) is 0 Å². The van der Waals surface area contributed by atoms with E-state index in [0.717, 1.165) is 13.2 Å². The van der Waals surface area contributed by atoms with Gasteiger partial charge in [-0.05, 0) is 31.7 Å². The predicted octanol–water partition coefficient (Wildman–Crippen LogP) is 2.19. The Bertz CT molecular complexity index is 125. The molecule has 1 aliphatic rings. The van der Waals surface area contributed by atoms with Crippen LogP contribution in [-0.2, 0) is 4.74 Å². The van der Waals surface area contributed by atoms with Crippen LogP contribution in [0.15, 0.2) is 0 Å². The third-order valence-corrected chi connectivity index (χ3v) is 3.30. The molecule has 0 heterocycles. The molecular formula is C11H23NO. The number of methoxy groups -OCH3 is 1. The van der Waals surface area contributed by atoms with Crippen LogP contribution in [-0.4, -0.2) is 27.3 Å². The Morgan fingerprint density at radius 2 is 1.92 bits per heavy atom. The molecular weight excluding hydrogens is 162 g/mol. The maximum atomic E-state index is 5.19. The van der Waals surface area contributed by atoms with Crippen molar-refractivity contribution >= 4 is 0 Å². The molecule has 0 saturated heterocycles. The van der Waals surface area contributed by atoms with Gasteiger partial charge >= 0.3 is 0 Å². The minimum absolute atomic E-state index is 0.545. The van der Waals surface area contributed by atoms with E-state index in [2.05, 4.69) is 12.4 Å². The molecule has 2 nitrogen and oxygen atoms in total. The van der Waals surface area contributed by atoms with Crippen LogP contribution < -0.4 is 5.32 Å². The monoisotopic (exact) mass is 185 g/mol. The first-order valence-electron chi connectivity index (χ1n) is 5.46. The van der Waals surface area contributed by atoms with Crippen molar-refractivity contribution < 1.29 is 4.74 Å². The molecule has 0 radical (unpaired) electrons. The smallest absolute Gasteiger partial charge is 0.0468 e. The SMILES string of the molecule is CNCC1(CCOC)CCCCC1. The van der Waals surface area contributed by atoms with Gasteiger partial charge < -0.3 is 10.1 Å². The van der Waals surface area contributed by atoms with E-state index >= 15 is 0 Å². The maximum absolute atomic E-state index is 5.19. The van der Waals surface area contributed by atoms with Gasteiger partial charge in [-0.2, -0.15) is 0 Å². The molecule has 0 bridgehead atoms. The minimum Gasteiger partial charge on any atom is -0.385 e. The van der Waals surface area contributed by atoms with Gasteiger partial charge in [-0.15, -0.1) is 0 Å². The second kappa shape index (κ2) is 5.61. The molecule has 2 heteroatoms. The molecule has 0 spiro atoms. The normalized spacial score (nSPS) is 21.7. The van der Waals surface area contributed by atoms with Crippen LogP contribution in [0.3, 0.4) is 0 Å². The van der Waals surface area contributed by atoms with Crippen molar-refractivity contribution in [2.45, 2.75) is 38.5 Å². The van der Waals surface area contributed by atoms with Gasteiger partial charge in [-0.1, -0.05) is 19.3 Å². The Balaban J connectivity index is 2.40. The lowest BCUT2D eigenvalue weighted by atomic mass is 9.72. The topological polar surface area (TPSA) is 21.3 Å². The lowest BCUT2D eigenvalue weighted by Gasteiger charge is -2.37. The standard InChI is InChI=1S/C11H23NO/c1-12-10-11(8-9-13-2)6-4-3-5-7-11/h12H,3-10H2,1-2H3. The van der Waals surface area contributed by atoms with Gasteiger partial charge in [0.15, 0.2) is 0 Å². The number of ether oxygens (including phenoxy) is 1. The average Bonchev–Trinajstić information content (AvgIpc) is 2.17. The first-order valence-corrected chi connectivity index (χ1v) is 5.46. The third-order valence-electron chi connectivity index (χ3n) is 3.30. The first-order chi connectivity index (χ1) is 6.33. The Hall–Kier alpha value is -0.0800. The van der Waals surface area contributed by atoms with Crippen LogP contribution in [0, 0.1) is 5.41 Å². The molecule has 0 aromatic carbocycles. The van der Waals surface area contributed by atoms with Gasteiger partial charge in [-0.25, -0.2) is 0 Å². The molecule has 0 aromatic rings. The molecule has 0 amide bonds. The van der Waals surface area contributed by atoms with Gasteiger partial charge in [0, 0.05) is 20.3 Å². The van der Waals surface area contributed by atoms with Crippen LogP contribution in [0.4, 0.5) is 0 Å². The zero-order valence-corrected chi connectivity index (χ0v) is 9.07. The van der Waals surface area contributed by atoms with E-state index in [1.165, 1.54) is 38.5 Å². The molecule has 1 aliphatic carbocycles. The molecule has 1 saturated carbocycles. The number of hydrogen-bond donors (Lipinski definition) is 1. The van der Waals surface area contributed by atoms with E-state index in [1.54, 1.807) is 7.11 Å². The second-order valence-corrected chi connectivity index (χ2v) is 4.33. The molecule has 0 atom stereocenters. The summed E-state index contributed by atoms with van der Waals surface area (Å²) in [6, 6.07) is 0. The van der Waals surface area contributed by atoms with E-state index in [0.29, 0.717) is 5.41 Å². The third kappa shape index (κ3) is 3.28. The molecule has 1 rings (SSSR count). The van der Waals surface area contributed by atoms with Crippen molar-refractivity contribution in [2.24, 2.45) is 5.41 Å². The van der Waals surface area contributed by atoms with Crippen molar-refractivity contribution in [1.82, 2.24) is 5.32 Å². The van der Waals surface area contributed by atoms with Crippen LogP contribution in [0.1, 0.15) is 38.5 Å². The minimum atomic E-state index is 0.545. The maximum Gasteiger partial charge on any atom is 0.0468 e. The quantitative estimate of drug-likeness (QED) is 0.709. The van der Waals surface area contributed by atoms with Gasteiger partial charge in [0.25, 0.3) is 0 Å². The first kappa shape index (κ1) is 11.0. The fourth-order valence-corrected chi connectivity index (χ4v) is 2.51. The van der Waals surface area contributed by atoms with E-state index in [-0.39, 0.29) is 0 Å². The highest BCUT2D eigenvalue weighted by Crippen LogP contribution is 2.38. The fourth-order valence-electron chi connectivity index (χ4n) is 2.51. The van der Waals surface area contributed by atoms with Gasteiger partial charge in [0.05, 0.1) is 0 Å². The van der Waals surface area contributed by atoms with E-state index in [4.69, 9.17) is 4.74 Å². The molecule has 78 valence electrons. The molecule has 0 unspecified atom stereocenters. The summed E-state index contributed by atoms with van der Waals surface area (Å²) in [4.78, 5) is 0. The highest BCUT2D eigenvalue weighted by atomic mass is 16.5. The summed E-state index contributed by atoms with van der Waals surface area (Å²) >= 11 is 0. The Morgan fingerprint density at radius 1 is 1.23 bits per heavy atom. The van der Waals surface area contributed by atoms with Gasteiger partial charge in [0.2, 0.25) is 0 Å². The zero-order chi connectivity index (χ0) is 9.57. The van der Waals surface area contributed by atoms with Crippen LogP contribution >= 0.6 is 0 Å². The van der Waals surface area contributed by atoms with Crippen molar-refractivity contribution in [3.8, 4) is 0 Å². The molecule has 0 aliphatic heterocycles. The zero-order valence-electron chi connectivity index (χ0n) is 9.07. The van der Waals surface area contributed by atoms with Crippen molar-refractivity contribution in [3.63, 3.8) is 0 Å². The van der Waals surface area contributed by atoms with Crippen molar-refractivity contribution in [3.05, 3.63) is 0 Å². The summed E-state index contributed by atoms with van der Waals surface area (Å²) in [6.45, 7) is 2.08. The summed E-state index contributed by atoms with van der Waals surface area (Å²) in [7, 11) is 3.86. The molecule has 0 aromatic heterocycles. The number of rotatable bonds is 5. The fraction of sp³-hybridized carbons (Fsp3) is 1.00. The molecule has 1 fully saturated rings. The van der Waals surface area contributed by atoms with Crippen LogP contribution in [0.5, 0.6) is 0 Å². The lowest BCUT2D eigenvalue weighted by Crippen LogP contribution is -2.35. The Kier molecular flexibility index (Phi) is 4.74. The summed E-state index contributed by atoms with van der Waals surface area (Å²) in [5.41, 5.74) is 0.545. The highest BCUT2D eigenvalue weighted by Gasteiger charge is 2.30. The van der Waals surface area contributed by atoms with Crippen molar-refractivity contribution in [2.75, 3.05) is 27.3 Å². The second-order valence-electron chi connectivity index (χ2n) is 4.33. The largest absolute Gasteiger partial charge is 0.385 e.